The molecule has 1 aromatic carbocycles. The third-order valence-electron chi connectivity index (χ3n) is 2.54. The van der Waals surface area contributed by atoms with Crippen molar-refractivity contribution in [3.63, 3.8) is 0 Å². The number of benzene rings is 1. The minimum absolute atomic E-state index is 0.320. The first-order chi connectivity index (χ1) is 7.59. The SMILES string of the molecule is CC(O)CN(C)CCC(O)c1ccccc1. The van der Waals surface area contributed by atoms with Gasteiger partial charge in [-0.2, -0.15) is 0 Å². The van der Waals surface area contributed by atoms with Crippen molar-refractivity contribution in [2.75, 3.05) is 20.1 Å². The van der Waals surface area contributed by atoms with Gasteiger partial charge in [0.1, 0.15) is 0 Å². The second-order valence-corrected chi connectivity index (χ2v) is 4.33. The lowest BCUT2D eigenvalue weighted by atomic mass is 10.1. The molecule has 2 unspecified atom stereocenters. The third-order valence-corrected chi connectivity index (χ3v) is 2.54. The summed E-state index contributed by atoms with van der Waals surface area (Å²) in [5.74, 6) is 0. The Balaban J connectivity index is 2.33. The van der Waals surface area contributed by atoms with Gasteiger partial charge in [-0.3, -0.25) is 0 Å². The van der Waals surface area contributed by atoms with Crippen molar-refractivity contribution in [1.29, 1.82) is 0 Å². The predicted octanol–water partition coefficient (Wildman–Crippen LogP) is 1.42. The molecule has 1 rings (SSSR count). The molecular weight excluding hydrogens is 202 g/mol. The minimum Gasteiger partial charge on any atom is -0.392 e. The van der Waals surface area contributed by atoms with E-state index in [-0.39, 0.29) is 6.10 Å². The number of hydrogen-bond donors (Lipinski definition) is 2. The molecule has 2 N–H and O–H groups in total. The number of likely N-dealkylation sites (N-methyl/N-ethyl adjacent to an activating group) is 1. The second-order valence-electron chi connectivity index (χ2n) is 4.33. The van der Waals surface area contributed by atoms with Crippen LogP contribution < -0.4 is 0 Å². The van der Waals surface area contributed by atoms with Crippen LogP contribution in [0.2, 0.25) is 0 Å². The standard InChI is InChI=1S/C13H21NO2/c1-11(15)10-14(2)9-8-13(16)12-6-4-3-5-7-12/h3-7,11,13,15-16H,8-10H2,1-2H3. The summed E-state index contributed by atoms with van der Waals surface area (Å²) in [5, 5.41) is 19.1. The summed E-state index contributed by atoms with van der Waals surface area (Å²) in [6, 6.07) is 9.66. The van der Waals surface area contributed by atoms with Gasteiger partial charge in [-0.05, 0) is 26.0 Å². The van der Waals surface area contributed by atoms with Gasteiger partial charge >= 0.3 is 0 Å². The molecule has 90 valence electrons. The van der Waals surface area contributed by atoms with E-state index in [1.807, 2.05) is 42.3 Å². The summed E-state index contributed by atoms with van der Waals surface area (Å²) in [4.78, 5) is 2.02. The number of nitrogens with zero attached hydrogens (tertiary/aromatic N) is 1. The Morgan fingerprint density at radius 1 is 1.19 bits per heavy atom. The zero-order valence-electron chi connectivity index (χ0n) is 10.0. The number of hydrogen-bond acceptors (Lipinski definition) is 3. The lowest BCUT2D eigenvalue weighted by Gasteiger charge is -2.20. The maximum Gasteiger partial charge on any atom is 0.0802 e. The highest BCUT2D eigenvalue weighted by atomic mass is 16.3. The summed E-state index contributed by atoms with van der Waals surface area (Å²) in [6.07, 6.45) is -0.0516. The Bertz CT molecular complexity index is 287. The van der Waals surface area contributed by atoms with E-state index in [1.54, 1.807) is 6.92 Å². The molecule has 3 heteroatoms. The molecule has 0 aliphatic carbocycles. The van der Waals surface area contributed by atoms with Crippen LogP contribution in [0.5, 0.6) is 0 Å². The largest absolute Gasteiger partial charge is 0.392 e. The molecule has 1 aromatic rings. The van der Waals surface area contributed by atoms with Crippen LogP contribution in [-0.4, -0.2) is 41.4 Å². The van der Waals surface area contributed by atoms with Crippen molar-refractivity contribution < 1.29 is 10.2 Å². The van der Waals surface area contributed by atoms with Gasteiger partial charge < -0.3 is 15.1 Å². The van der Waals surface area contributed by atoms with Gasteiger partial charge in [0.05, 0.1) is 12.2 Å². The summed E-state index contributed by atoms with van der Waals surface area (Å²) < 4.78 is 0. The van der Waals surface area contributed by atoms with E-state index < -0.39 is 6.10 Å². The number of aliphatic hydroxyl groups is 2. The van der Waals surface area contributed by atoms with Crippen molar-refractivity contribution >= 4 is 0 Å². The molecule has 0 radical (unpaired) electrons. The molecule has 0 aliphatic heterocycles. The van der Waals surface area contributed by atoms with E-state index in [0.29, 0.717) is 13.0 Å². The Labute approximate surface area is 97.3 Å². The van der Waals surface area contributed by atoms with Crippen LogP contribution in [0.4, 0.5) is 0 Å². The van der Waals surface area contributed by atoms with E-state index in [2.05, 4.69) is 0 Å². The van der Waals surface area contributed by atoms with E-state index in [9.17, 15) is 10.2 Å². The van der Waals surface area contributed by atoms with Gasteiger partial charge in [-0.15, -0.1) is 0 Å². The first-order valence-corrected chi connectivity index (χ1v) is 5.69. The van der Waals surface area contributed by atoms with E-state index in [4.69, 9.17) is 0 Å². The van der Waals surface area contributed by atoms with Gasteiger partial charge in [0.25, 0.3) is 0 Å². The fraction of sp³-hybridized carbons (Fsp3) is 0.538. The monoisotopic (exact) mass is 223 g/mol. The Hall–Kier alpha value is -0.900. The molecule has 0 fully saturated rings. The van der Waals surface area contributed by atoms with E-state index in [1.165, 1.54) is 0 Å². The van der Waals surface area contributed by atoms with Gasteiger partial charge in [0.15, 0.2) is 0 Å². The highest BCUT2D eigenvalue weighted by molar-refractivity contribution is 5.17. The maximum absolute atomic E-state index is 9.91. The Kier molecular flexibility index (Phi) is 5.46. The molecule has 0 amide bonds. The molecule has 0 aliphatic rings. The smallest absolute Gasteiger partial charge is 0.0802 e. The molecule has 0 spiro atoms. The number of aliphatic hydroxyl groups excluding tert-OH is 2. The highest BCUT2D eigenvalue weighted by Crippen LogP contribution is 2.15. The summed E-state index contributed by atoms with van der Waals surface area (Å²) in [5.41, 5.74) is 0.952. The lowest BCUT2D eigenvalue weighted by Crippen LogP contribution is -2.28. The van der Waals surface area contributed by atoms with Crippen LogP contribution in [0.3, 0.4) is 0 Å². The van der Waals surface area contributed by atoms with Crippen LogP contribution in [0.25, 0.3) is 0 Å². The molecule has 16 heavy (non-hydrogen) atoms. The molecule has 0 heterocycles. The first kappa shape index (κ1) is 13.2. The zero-order valence-corrected chi connectivity index (χ0v) is 10.0. The first-order valence-electron chi connectivity index (χ1n) is 5.69. The van der Waals surface area contributed by atoms with Gasteiger partial charge in [-0.25, -0.2) is 0 Å². The summed E-state index contributed by atoms with van der Waals surface area (Å²) >= 11 is 0. The van der Waals surface area contributed by atoms with E-state index >= 15 is 0 Å². The highest BCUT2D eigenvalue weighted by Gasteiger charge is 2.09. The van der Waals surface area contributed by atoms with Crippen molar-refractivity contribution in [1.82, 2.24) is 4.90 Å². The average molecular weight is 223 g/mol. The van der Waals surface area contributed by atoms with Gasteiger partial charge in [-0.1, -0.05) is 30.3 Å². The summed E-state index contributed by atoms with van der Waals surface area (Å²) in [7, 11) is 1.95. The molecule has 0 saturated carbocycles. The van der Waals surface area contributed by atoms with Crippen LogP contribution >= 0.6 is 0 Å². The summed E-state index contributed by atoms with van der Waals surface area (Å²) in [6.45, 7) is 3.19. The van der Waals surface area contributed by atoms with Gasteiger partial charge in [0.2, 0.25) is 0 Å². The predicted molar refractivity (Wildman–Crippen MR) is 65.2 cm³/mol. The average Bonchev–Trinajstić information content (AvgIpc) is 2.26. The minimum atomic E-state index is -0.419. The van der Waals surface area contributed by atoms with Crippen LogP contribution in [-0.2, 0) is 0 Å². The molecule has 0 aromatic heterocycles. The Morgan fingerprint density at radius 2 is 1.81 bits per heavy atom. The molecule has 3 nitrogen and oxygen atoms in total. The van der Waals surface area contributed by atoms with Crippen LogP contribution in [0.15, 0.2) is 30.3 Å². The number of rotatable bonds is 6. The Morgan fingerprint density at radius 3 is 2.38 bits per heavy atom. The molecular formula is C13H21NO2. The zero-order chi connectivity index (χ0) is 12.0. The third kappa shape index (κ3) is 4.75. The fourth-order valence-corrected chi connectivity index (χ4v) is 1.73. The van der Waals surface area contributed by atoms with Crippen LogP contribution in [0, 0.1) is 0 Å². The van der Waals surface area contributed by atoms with E-state index in [0.717, 1.165) is 12.1 Å². The van der Waals surface area contributed by atoms with Crippen molar-refractivity contribution in [3.05, 3.63) is 35.9 Å². The van der Waals surface area contributed by atoms with Crippen molar-refractivity contribution in [3.8, 4) is 0 Å². The van der Waals surface area contributed by atoms with Crippen molar-refractivity contribution in [2.45, 2.75) is 25.6 Å². The lowest BCUT2D eigenvalue weighted by molar-refractivity contribution is 0.116. The second kappa shape index (κ2) is 6.63. The van der Waals surface area contributed by atoms with Crippen molar-refractivity contribution in [2.24, 2.45) is 0 Å². The topological polar surface area (TPSA) is 43.7 Å². The molecule has 2 atom stereocenters. The molecule has 0 bridgehead atoms. The molecule has 0 saturated heterocycles. The van der Waals surface area contributed by atoms with Gasteiger partial charge in [0, 0.05) is 13.1 Å². The quantitative estimate of drug-likeness (QED) is 0.766. The fourth-order valence-electron chi connectivity index (χ4n) is 1.73. The maximum atomic E-state index is 9.91. The van der Waals surface area contributed by atoms with Crippen LogP contribution in [0.1, 0.15) is 25.0 Å². The normalized spacial score (nSPS) is 15.1.